The summed E-state index contributed by atoms with van der Waals surface area (Å²) in [6.45, 7) is 2.75. The first-order valence-electron chi connectivity index (χ1n) is 7.50. The molecule has 0 saturated carbocycles. The zero-order chi connectivity index (χ0) is 18.7. The van der Waals surface area contributed by atoms with Crippen LogP contribution in [0.15, 0.2) is 0 Å². The molecule has 0 rings (SSSR count). The van der Waals surface area contributed by atoms with Gasteiger partial charge in [0, 0.05) is 0 Å². The van der Waals surface area contributed by atoms with E-state index in [2.05, 4.69) is 16.0 Å². The molecule has 0 aliphatic heterocycles. The smallest absolute Gasteiger partial charge is 0.322 e. The largest absolute Gasteiger partial charge is 0.480 e. The van der Waals surface area contributed by atoms with Crippen LogP contribution < -0.4 is 21.7 Å². The summed E-state index contributed by atoms with van der Waals surface area (Å²) >= 11 is 1.49. The van der Waals surface area contributed by atoms with Gasteiger partial charge in [-0.2, -0.15) is 11.8 Å². The van der Waals surface area contributed by atoms with Crippen molar-refractivity contribution in [1.82, 2.24) is 16.0 Å². The second-order valence-corrected chi connectivity index (χ2v) is 6.49. The molecule has 0 fully saturated rings. The Labute approximate surface area is 145 Å². The first kappa shape index (κ1) is 22.2. The number of thioether (sulfide) groups is 1. The van der Waals surface area contributed by atoms with Gasteiger partial charge in [0.1, 0.15) is 12.6 Å². The Bertz CT molecular complexity index is 458. The molecule has 10 heteroatoms. The van der Waals surface area contributed by atoms with Gasteiger partial charge >= 0.3 is 5.97 Å². The molecule has 0 saturated heterocycles. The van der Waals surface area contributed by atoms with E-state index in [-0.39, 0.29) is 12.5 Å². The lowest BCUT2D eigenvalue weighted by molar-refractivity contribution is -0.138. The molecule has 6 N–H and O–H groups in total. The number of carboxylic acids is 1. The molecule has 0 radical (unpaired) electrons. The number of aliphatic carboxylic acids is 1. The van der Waals surface area contributed by atoms with Gasteiger partial charge in [0.15, 0.2) is 0 Å². The predicted molar refractivity (Wildman–Crippen MR) is 91.4 cm³/mol. The number of carbonyl (C=O) groups excluding carboxylic acids is 3. The van der Waals surface area contributed by atoms with Crippen LogP contribution in [-0.4, -0.2) is 66.0 Å². The Morgan fingerprint density at radius 2 is 1.67 bits per heavy atom. The van der Waals surface area contributed by atoms with E-state index in [0.29, 0.717) is 12.2 Å². The molecular formula is C14H26N4O5S. The van der Waals surface area contributed by atoms with Crippen LogP contribution in [0.4, 0.5) is 0 Å². The minimum atomic E-state index is -1.17. The SMILES string of the molecule is CSCCC(NC(=O)CNC(=O)C(N)C(C)C)C(=O)NCC(=O)O. The highest BCUT2D eigenvalue weighted by Gasteiger charge is 2.22. The lowest BCUT2D eigenvalue weighted by atomic mass is 10.1. The molecule has 9 nitrogen and oxygen atoms in total. The van der Waals surface area contributed by atoms with Gasteiger partial charge in [0.25, 0.3) is 0 Å². The summed E-state index contributed by atoms with van der Waals surface area (Å²) in [5, 5.41) is 15.7. The van der Waals surface area contributed by atoms with Crippen molar-refractivity contribution in [3.63, 3.8) is 0 Å². The molecule has 2 atom stereocenters. The minimum Gasteiger partial charge on any atom is -0.480 e. The van der Waals surface area contributed by atoms with E-state index in [1.807, 2.05) is 6.26 Å². The van der Waals surface area contributed by atoms with Gasteiger partial charge in [-0.15, -0.1) is 0 Å². The van der Waals surface area contributed by atoms with E-state index >= 15 is 0 Å². The maximum absolute atomic E-state index is 11.9. The highest BCUT2D eigenvalue weighted by molar-refractivity contribution is 7.98. The van der Waals surface area contributed by atoms with Crippen LogP contribution in [0.25, 0.3) is 0 Å². The molecule has 2 unspecified atom stereocenters. The highest BCUT2D eigenvalue weighted by atomic mass is 32.2. The van der Waals surface area contributed by atoms with E-state index < -0.39 is 42.3 Å². The zero-order valence-corrected chi connectivity index (χ0v) is 14.9. The third kappa shape index (κ3) is 9.36. The fourth-order valence-electron chi connectivity index (χ4n) is 1.62. The van der Waals surface area contributed by atoms with Crippen LogP contribution in [-0.2, 0) is 19.2 Å². The molecule has 3 amide bonds. The number of hydrogen-bond donors (Lipinski definition) is 5. The van der Waals surface area contributed by atoms with E-state index in [0.717, 1.165) is 0 Å². The lowest BCUT2D eigenvalue weighted by Gasteiger charge is -2.19. The van der Waals surface area contributed by atoms with Gasteiger partial charge in [0.05, 0.1) is 12.6 Å². The minimum absolute atomic E-state index is 0.0656. The number of hydrogen-bond acceptors (Lipinski definition) is 6. The summed E-state index contributed by atoms with van der Waals surface area (Å²) in [5.74, 6) is -2.20. The Morgan fingerprint density at radius 1 is 1.08 bits per heavy atom. The summed E-state index contributed by atoms with van der Waals surface area (Å²) in [7, 11) is 0. The summed E-state index contributed by atoms with van der Waals surface area (Å²) in [4.78, 5) is 46.0. The van der Waals surface area contributed by atoms with Crippen molar-refractivity contribution in [1.29, 1.82) is 0 Å². The van der Waals surface area contributed by atoms with E-state index in [4.69, 9.17) is 10.8 Å². The molecule has 0 heterocycles. The topological polar surface area (TPSA) is 151 Å². The fraction of sp³-hybridized carbons (Fsp3) is 0.714. The van der Waals surface area contributed by atoms with Crippen molar-refractivity contribution < 1.29 is 24.3 Å². The van der Waals surface area contributed by atoms with Crippen molar-refractivity contribution in [2.75, 3.05) is 25.1 Å². The van der Waals surface area contributed by atoms with Gasteiger partial charge in [-0.25, -0.2) is 0 Å². The molecule has 0 aliphatic carbocycles. The summed E-state index contributed by atoms with van der Waals surface area (Å²) in [6.07, 6.45) is 2.19. The average Bonchev–Trinajstić information content (AvgIpc) is 2.53. The van der Waals surface area contributed by atoms with Crippen molar-refractivity contribution in [2.45, 2.75) is 32.4 Å². The second-order valence-electron chi connectivity index (χ2n) is 5.50. The number of nitrogens with one attached hydrogen (secondary N) is 3. The number of carbonyl (C=O) groups is 4. The van der Waals surface area contributed by atoms with Gasteiger partial charge in [-0.05, 0) is 24.3 Å². The van der Waals surface area contributed by atoms with Crippen LogP contribution in [0, 0.1) is 5.92 Å². The maximum Gasteiger partial charge on any atom is 0.322 e. The van der Waals surface area contributed by atoms with E-state index in [1.165, 1.54) is 11.8 Å². The van der Waals surface area contributed by atoms with Crippen molar-refractivity contribution in [3.8, 4) is 0 Å². The predicted octanol–water partition coefficient (Wildman–Crippen LogP) is -1.48. The third-order valence-electron chi connectivity index (χ3n) is 3.12. The molecule has 0 aliphatic rings. The molecule has 0 aromatic heterocycles. The normalized spacial score (nSPS) is 13.0. The summed E-state index contributed by atoms with van der Waals surface area (Å²) in [5.41, 5.74) is 5.66. The monoisotopic (exact) mass is 362 g/mol. The Kier molecular flexibility index (Phi) is 10.8. The van der Waals surface area contributed by atoms with E-state index in [1.54, 1.807) is 13.8 Å². The maximum atomic E-state index is 11.9. The first-order chi connectivity index (χ1) is 11.2. The number of rotatable bonds is 11. The van der Waals surface area contributed by atoms with Crippen LogP contribution in [0.5, 0.6) is 0 Å². The van der Waals surface area contributed by atoms with Crippen LogP contribution in [0.1, 0.15) is 20.3 Å². The number of carboxylic acid groups (broad SMARTS) is 1. The molecule has 0 aromatic rings. The second kappa shape index (κ2) is 11.7. The van der Waals surface area contributed by atoms with Crippen molar-refractivity contribution >= 4 is 35.5 Å². The highest BCUT2D eigenvalue weighted by Crippen LogP contribution is 2.01. The Balaban J connectivity index is 4.50. The number of nitrogens with two attached hydrogens (primary N) is 1. The molecule has 24 heavy (non-hydrogen) atoms. The van der Waals surface area contributed by atoms with Gasteiger partial charge in [0.2, 0.25) is 17.7 Å². The standard InChI is InChI=1S/C14H26N4O5S/c1-8(2)12(15)14(23)16-6-10(19)18-9(4-5-24-3)13(22)17-7-11(20)21/h8-9,12H,4-7,15H2,1-3H3,(H,16,23)(H,17,22)(H,18,19)(H,20,21). The average molecular weight is 362 g/mol. The van der Waals surface area contributed by atoms with Gasteiger partial charge < -0.3 is 26.8 Å². The molecule has 138 valence electrons. The lowest BCUT2D eigenvalue weighted by Crippen LogP contribution is -2.52. The molecule has 0 spiro atoms. The number of amides is 3. The zero-order valence-electron chi connectivity index (χ0n) is 14.1. The molecule has 0 aromatic carbocycles. The van der Waals surface area contributed by atoms with Gasteiger partial charge in [-0.3, -0.25) is 19.2 Å². The van der Waals surface area contributed by atoms with E-state index in [9.17, 15) is 19.2 Å². The Hall–Kier alpha value is -1.81. The van der Waals surface area contributed by atoms with Crippen molar-refractivity contribution in [2.24, 2.45) is 11.7 Å². The van der Waals surface area contributed by atoms with Crippen LogP contribution in [0.3, 0.4) is 0 Å². The van der Waals surface area contributed by atoms with Crippen LogP contribution >= 0.6 is 11.8 Å². The van der Waals surface area contributed by atoms with Gasteiger partial charge in [-0.1, -0.05) is 13.8 Å². The fourth-order valence-corrected chi connectivity index (χ4v) is 2.10. The Morgan fingerprint density at radius 3 is 2.17 bits per heavy atom. The molecular weight excluding hydrogens is 336 g/mol. The quantitative estimate of drug-likeness (QED) is 0.301. The summed E-state index contributed by atoms with van der Waals surface area (Å²) in [6, 6.07) is -1.58. The molecule has 0 bridgehead atoms. The van der Waals surface area contributed by atoms with Crippen LogP contribution in [0.2, 0.25) is 0 Å². The van der Waals surface area contributed by atoms with Crippen molar-refractivity contribution in [3.05, 3.63) is 0 Å². The third-order valence-corrected chi connectivity index (χ3v) is 3.76. The summed E-state index contributed by atoms with van der Waals surface area (Å²) < 4.78 is 0. The first-order valence-corrected chi connectivity index (χ1v) is 8.89.